The molecule has 1 unspecified atom stereocenters. The minimum Gasteiger partial charge on any atom is -0.477 e. The number of aromatic nitrogens is 1. The summed E-state index contributed by atoms with van der Waals surface area (Å²) in [6, 6.07) is -1.04. The lowest BCUT2D eigenvalue weighted by Gasteiger charge is -2.49. The van der Waals surface area contributed by atoms with Gasteiger partial charge in [0.15, 0.2) is 10.8 Å². The van der Waals surface area contributed by atoms with Gasteiger partial charge in [-0.2, -0.15) is 0 Å². The quantitative estimate of drug-likeness (QED) is 0.126. The summed E-state index contributed by atoms with van der Waals surface area (Å²) in [7, 11) is 0. The van der Waals surface area contributed by atoms with Gasteiger partial charge in [0.25, 0.3) is 11.8 Å². The number of anilines is 1. The Morgan fingerprint density at radius 2 is 2.14 bits per heavy atom. The lowest BCUT2D eigenvalue weighted by Crippen LogP contribution is -2.71. The Kier molecular flexibility index (Phi) is 8.54. The highest BCUT2D eigenvalue weighted by molar-refractivity contribution is 8.00. The average molecular weight is 585 g/mol. The molecule has 4 N–H and O–H groups in total. The number of nitrogens with two attached hydrogens (primary N) is 1. The van der Waals surface area contributed by atoms with Crippen molar-refractivity contribution in [1.82, 2.24) is 15.2 Å². The van der Waals surface area contributed by atoms with Gasteiger partial charge in [0, 0.05) is 11.1 Å². The van der Waals surface area contributed by atoms with Gasteiger partial charge in [-0.25, -0.2) is 14.6 Å². The molecular formula is C18H16Cl3N5O7S2. The third kappa shape index (κ3) is 6.38. The molecule has 17 heteroatoms. The van der Waals surface area contributed by atoms with E-state index in [1.54, 1.807) is 0 Å². The van der Waals surface area contributed by atoms with Crippen molar-refractivity contribution in [3.05, 3.63) is 35.0 Å². The minimum absolute atomic E-state index is 0.0275. The molecule has 1 saturated heterocycles. The first-order valence-electron chi connectivity index (χ1n) is 9.41. The average Bonchev–Trinajstić information content (AvgIpc) is 3.22. The van der Waals surface area contributed by atoms with Gasteiger partial charge in [-0.15, -0.1) is 23.1 Å². The van der Waals surface area contributed by atoms with E-state index >= 15 is 0 Å². The number of oxime groups is 1. The second-order valence-electron chi connectivity index (χ2n) is 6.80. The Balaban J connectivity index is 1.72. The number of carbonyl (C=O) groups excluding carboxylic acids is 3. The highest BCUT2D eigenvalue weighted by Crippen LogP contribution is 2.40. The molecule has 188 valence electrons. The van der Waals surface area contributed by atoms with Gasteiger partial charge in [0.05, 0.1) is 0 Å². The molecule has 2 amide bonds. The molecule has 2 aliphatic rings. The topological polar surface area (TPSA) is 174 Å². The Labute approximate surface area is 221 Å². The van der Waals surface area contributed by atoms with E-state index in [1.165, 1.54) is 23.2 Å². The Morgan fingerprint density at radius 1 is 1.43 bits per heavy atom. The number of rotatable bonds is 9. The Hall–Kier alpha value is -2.52. The molecule has 2 aliphatic heterocycles. The zero-order valence-corrected chi connectivity index (χ0v) is 21.3. The summed E-state index contributed by atoms with van der Waals surface area (Å²) in [6.45, 7) is 2.33. The number of carbonyl (C=O) groups is 4. The van der Waals surface area contributed by atoms with E-state index in [-0.39, 0.29) is 28.0 Å². The summed E-state index contributed by atoms with van der Waals surface area (Å²) in [5.74, 6) is -3.40. The number of nitrogens with one attached hydrogen (secondary N) is 1. The maximum Gasteiger partial charge on any atom is 0.352 e. The fourth-order valence-electron chi connectivity index (χ4n) is 2.96. The van der Waals surface area contributed by atoms with Gasteiger partial charge in [0.2, 0.25) is 10.4 Å². The zero-order chi connectivity index (χ0) is 25.9. The van der Waals surface area contributed by atoms with Crippen LogP contribution in [-0.2, 0) is 28.8 Å². The first kappa shape index (κ1) is 27.1. The van der Waals surface area contributed by atoms with Crippen molar-refractivity contribution in [2.24, 2.45) is 5.16 Å². The number of hydrogen-bond donors (Lipinski definition) is 3. The molecule has 3 rings (SSSR count). The normalized spacial score (nSPS) is 20.0. The number of β-lactam (4-membered cyclic amide) rings is 1. The number of thioether (sulfide) groups is 1. The standard InChI is InChI=1S/C18H16Cl3N5O7S2/c1-2-7-4-34-15-11(14(29)26(15)12(7)16(30)31)24-13(28)10(8-5-35-17(22)23-8)25-33-3-9(27)32-6-18(19,20)21/h2,5,11,15H,1,3-4,6H2,(H2,22,23)(H,24,28)(H,30,31)/t11?,15-/m1/s1. The molecule has 0 spiro atoms. The number of nitrogen functional groups attached to an aromatic ring is 1. The van der Waals surface area contributed by atoms with Crippen molar-refractivity contribution in [3.8, 4) is 0 Å². The summed E-state index contributed by atoms with van der Waals surface area (Å²) < 4.78 is 2.88. The van der Waals surface area contributed by atoms with E-state index in [9.17, 15) is 24.3 Å². The van der Waals surface area contributed by atoms with Gasteiger partial charge < -0.3 is 25.7 Å². The van der Waals surface area contributed by atoms with E-state index in [0.29, 0.717) is 5.57 Å². The predicted molar refractivity (Wildman–Crippen MR) is 130 cm³/mol. The van der Waals surface area contributed by atoms with E-state index in [0.717, 1.165) is 16.2 Å². The maximum absolute atomic E-state index is 13.0. The molecule has 3 heterocycles. The van der Waals surface area contributed by atoms with E-state index in [4.69, 9.17) is 50.1 Å². The van der Waals surface area contributed by atoms with Crippen LogP contribution in [0.5, 0.6) is 0 Å². The fourth-order valence-corrected chi connectivity index (χ4v) is 5.02. The first-order valence-corrected chi connectivity index (χ1v) is 12.5. The number of nitrogens with zero attached hydrogens (tertiary/aromatic N) is 3. The summed E-state index contributed by atoms with van der Waals surface area (Å²) in [6.07, 6.45) is 1.37. The van der Waals surface area contributed by atoms with Crippen LogP contribution in [0.3, 0.4) is 0 Å². The van der Waals surface area contributed by atoms with Crippen LogP contribution in [0.15, 0.2) is 34.5 Å². The second-order valence-corrected chi connectivity index (χ2v) is 11.3. The SMILES string of the molecule is C=CC1=C(C(=O)O)N2C(=O)C(NC(=O)C(=NOCC(=O)OCC(Cl)(Cl)Cl)c3csc(N)n3)[C@H]2SC1. The van der Waals surface area contributed by atoms with Gasteiger partial charge >= 0.3 is 11.9 Å². The Bertz CT molecular complexity index is 1130. The Morgan fingerprint density at radius 3 is 2.71 bits per heavy atom. The number of halogens is 3. The van der Waals surface area contributed by atoms with Crippen molar-refractivity contribution in [2.45, 2.75) is 15.2 Å². The molecule has 0 radical (unpaired) electrons. The molecule has 35 heavy (non-hydrogen) atoms. The molecule has 1 fully saturated rings. The van der Waals surface area contributed by atoms with Crippen LogP contribution < -0.4 is 11.1 Å². The van der Waals surface area contributed by atoms with Gasteiger partial charge in [-0.1, -0.05) is 52.6 Å². The third-order valence-electron chi connectivity index (χ3n) is 4.45. The summed E-state index contributed by atoms with van der Waals surface area (Å²) in [4.78, 5) is 59.0. The molecular weight excluding hydrogens is 569 g/mol. The number of amides is 2. The summed E-state index contributed by atoms with van der Waals surface area (Å²) in [5.41, 5.74) is 5.49. The summed E-state index contributed by atoms with van der Waals surface area (Å²) >= 11 is 18.8. The van der Waals surface area contributed by atoms with Crippen molar-refractivity contribution in [2.75, 3.05) is 24.7 Å². The molecule has 0 bridgehead atoms. The largest absolute Gasteiger partial charge is 0.477 e. The third-order valence-corrected chi connectivity index (χ3v) is 6.75. The first-order chi connectivity index (χ1) is 16.4. The molecule has 1 aromatic rings. The fraction of sp³-hybridized carbons (Fsp3) is 0.333. The minimum atomic E-state index is -1.81. The molecule has 2 atom stereocenters. The van der Waals surface area contributed by atoms with Crippen LogP contribution in [0.1, 0.15) is 5.69 Å². The number of allylic oxidation sites excluding steroid dienone is 1. The lowest BCUT2D eigenvalue weighted by atomic mass is 10.0. The number of alkyl halides is 3. The number of fused-ring (bicyclic) bond motifs is 1. The highest BCUT2D eigenvalue weighted by Gasteiger charge is 2.54. The predicted octanol–water partition coefficient (Wildman–Crippen LogP) is 1.28. The summed E-state index contributed by atoms with van der Waals surface area (Å²) in [5, 5.41) is 16.5. The van der Waals surface area contributed by atoms with Crippen LogP contribution in [0.2, 0.25) is 0 Å². The number of ether oxygens (including phenoxy) is 1. The van der Waals surface area contributed by atoms with Crippen LogP contribution in [-0.4, -0.2) is 78.6 Å². The van der Waals surface area contributed by atoms with Crippen molar-refractivity contribution in [3.63, 3.8) is 0 Å². The van der Waals surface area contributed by atoms with Crippen molar-refractivity contribution < 1.29 is 33.9 Å². The van der Waals surface area contributed by atoms with Gasteiger partial charge in [0.1, 0.15) is 29.4 Å². The monoisotopic (exact) mass is 583 g/mol. The molecule has 0 aromatic carbocycles. The van der Waals surface area contributed by atoms with Crippen LogP contribution in [0.4, 0.5) is 5.13 Å². The number of aliphatic carboxylic acids is 1. The number of carboxylic acids is 1. The number of hydrogen-bond acceptors (Lipinski definition) is 11. The maximum atomic E-state index is 13.0. The number of esters is 1. The number of thiazole rings is 1. The van der Waals surface area contributed by atoms with Gasteiger partial charge in [-0.3, -0.25) is 14.5 Å². The highest BCUT2D eigenvalue weighted by atomic mass is 35.6. The molecule has 0 saturated carbocycles. The second kappa shape index (κ2) is 11.0. The molecule has 0 aliphatic carbocycles. The van der Waals surface area contributed by atoms with E-state index < -0.39 is 52.2 Å². The van der Waals surface area contributed by atoms with E-state index in [2.05, 4.69) is 22.0 Å². The van der Waals surface area contributed by atoms with E-state index in [1.807, 2.05) is 0 Å². The smallest absolute Gasteiger partial charge is 0.352 e. The molecule has 1 aromatic heterocycles. The lowest BCUT2D eigenvalue weighted by molar-refractivity contribution is -0.150. The van der Waals surface area contributed by atoms with Crippen LogP contribution in [0.25, 0.3) is 0 Å². The zero-order valence-electron chi connectivity index (χ0n) is 17.4. The number of carboxylic acid groups (broad SMARTS) is 1. The van der Waals surface area contributed by atoms with Crippen LogP contribution in [0, 0.1) is 0 Å². The van der Waals surface area contributed by atoms with Crippen LogP contribution >= 0.6 is 57.9 Å². The van der Waals surface area contributed by atoms with Crippen molar-refractivity contribution in [1.29, 1.82) is 0 Å². The van der Waals surface area contributed by atoms with Crippen molar-refractivity contribution >= 4 is 92.5 Å². The van der Waals surface area contributed by atoms with Gasteiger partial charge in [-0.05, 0) is 5.57 Å². The molecule has 12 nitrogen and oxygen atoms in total.